The maximum absolute atomic E-state index is 10.4. The van der Waals surface area contributed by atoms with E-state index in [1.807, 2.05) is 4.90 Å². The third-order valence-electron chi connectivity index (χ3n) is 2.40. The Kier molecular flexibility index (Phi) is 2.84. The van der Waals surface area contributed by atoms with E-state index < -0.39 is 5.97 Å². The van der Waals surface area contributed by atoms with E-state index in [-0.39, 0.29) is 12.3 Å². The molecule has 1 fully saturated rings. The Balaban J connectivity index is 2.02. The molecule has 0 saturated carbocycles. The van der Waals surface area contributed by atoms with Crippen molar-refractivity contribution in [2.24, 2.45) is 0 Å². The summed E-state index contributed by atoms with van der Waals surface area (Å²) in [5.41, 5.74) is 0. The van der Waals surface area contributed by atoms with Crippen molar-refractivity contribution in [3.63, 3.8) is 0 Å². The van der Waals surface area contributed by atoms with Crippen LogP contribution in [0.1, 0.15) is 25.2 Å². The maximum Gasteiger partial charge on any atom is 0.312 e. The van der Waals surface area contributed by atoms with Gasteiger partial charge in [-0.2, -0.15) is 4.98 Å². The van der Waals surface area contributed by atoms with Gasteiger partial charge in [0.1, 0.15) is 6.42 Å². The van der Waals surface area contributed by atoms with Crippen LogP contribution in [0.2, 0.25) is 0 Å². The molecular weight excluding hydrogens is 198 g/mol. The highest BCUT2D eigenvalue weighted by molar-refractivity contribution is 5.68. The Morgan fingerprint density at radius 2 is 2.13 bits per heavy atom. The molecule has 1 aromatic rings. The van der Waals surface area contributed by atoms with Crippen molar-refractivity contribution in [2.75, 3.05) is 18.0 Å². The first-order valence-electron chi connectivity index (χ1n) is 5.05. The highest BCUT2D eigenvalue weighted by Gasteiger charge is 2.17. The number of aliphatic carboxylic acids is 1. The molecule has 0 radical (unpaired) electrons. The lowest BCUT2D eigenvalue weighted by molar-refractivity contribution is -0.136. The van der Waals surface area contributed by atoms with E-state index in [0.29, 0.717) is 5.95 Å². The van der Waals surface area contributed by atoms with Crippen LogP contribution in [0, 0.1) is 0 Å². The fourth-order valence-corrected chi connectivity index (χ4v) is 1.67. The standard InChI is InChI=1S/C9H13N3O3/c13-8(14)6-7-10-9(11-15-7)12-4-2-1-3-5-12/h1-6H2,(H,13,14). The van der Waals surface area contributed by atoms with Crippen LogP contribution in [0.5, 0.6) is 0 Å². The molecule has 0 unspecified atom stereocenters. The van der Waals surface area contributed by atoms with Crippen LogP contribution < -0.4 is 4.90 Å². The lowest BCUT2D eigenvalue weighted by Crippen LogP contribution is -2.30. The molecule has 0 atom stereocenters. The van der Waals surface area contributed by atoms with Gasteiger partial charge in [-0.05, 0) is 24.4 Å². The molecule has 0 bridgehead atoms. The highest BCUT2D eigenvalue weighted by atomic mass is 16.5. The van der Waals surface area contributed by atoms with Gasteiger partial charge in [0, 0.05) is 13.1 Å². The Morgan fingerprint density at radius 3 is 2.80 bits per heavy atom. The summed E-state index contributed by atoms with van der Waals surface area (Å²) in [6.07, 6.45) is 3.28. The fraction of sp³-hybridized carbons (Fsp3) is 0.667. The van der Waals surface area contributed by atoms with E-state index in [2.05, 4.69) is 10.1 Å². The first kappa shape index (κ1) is 9.95. The predicted octanol–water partition coefficient (Wildman–Crippen LogP) is 0.687. The zero-order chi connectivity index (χ0) is 10.7. The number of rotatable bonds is 3. The quantitative estimate of drug-likeness (QED) is 0.792. The third kappa shape index (κ3) is 2.45. The number of carboxylic acids is 1. The van der Waals surface area contributed by atoms with E-state index >= 15 is 0 Å². The number of piperidine rings is 1. The van der Waals surface area contributed by atoms with Crippen LogP contribution in [0.3, 0.4) is 0 Å². The molecule has 0 spiro atoms. The van der Waals surface area contributed by atoms with Crippen LogP contribution in [0.25, 0.3) is 0 Å². The van der Waals surface area contributed by atoms with E-state index in [1.165, 1.54) is 6.42 Å². The molecule has 1 saturated heterocycles. The van der Waals surface area contributed by atoms with Gasteiger partial charge in [-0.3, -0.25) is 4.79 Å². The van der Waals surface area contributed by atoms with Crippen LogP contribution in [-0.4, -0.2) is 34.3 Å². The number of nitrogens with zero attached hydrogens (tertiary/aromatic N) is 3. The molecule has 2 heterocycles. The first-order valence-corrected chi connectivity index (χ1v) is 5.05. The second-order valence-corrected chi connectivity index (χ2v) is 3.61. The minimum absolute atomic E-state index is 0.170. The molecule has 15 heavy (non-hydrogen) atoms. The normalized spacial score (nSPS) is 16.7. The summed E-state index contributed by atoms with van der Waals surface area (Å²) in [4.78, 5) is 16.5. The Hall–Kier alpha value is -1.59. The van der Waals surface area contributed by atoms with Crippen molar-refractivity contribution < 1.29 is 14.4 Å². The molecule has 6 heteroatoms. The Bertz CT molecular complexity index is 344. The number of hydrogen-bond acceptors (Lipinski definition) is 5. The number of carbonyl (C=O) groups is 1. The summed E-state index contributed by atoms with van der Waals surface area (Å²) in [6, 6.07) is 0. The number of carboxylic acid groups (broad SMARTS) is 1. The van der Waals surface area contributed by atoms with E-state index in [9.17, 15) is 4.79 Å². The van der Waals surface area contributed by atoms with Gasteiger partial charge in [0.15, 0.2) is 0 Å². The molecule has 82 valence electrons. The second-order valence-electron chi connectivity index (χ2n) is 3.61. The van der Waals surface area contributed by atoms with Crippen molar-refractivity contribution in [2.45, 2.75) is 25.7 Å². The zero-order valence-corrected chi connectivity index (χ0v) is 8.35. The van der Waals surface area contributed by atoms with Crippen molar-refractivity contribution in [1.29, 1.82) is 0 Å². The maximum atomic E-state index is 10.4. The summed E-state index contributed by atoms with van der Waals surface area (Å²) in [7, 11) is 0. The molecule has 1 aliphatic heterocycles. The van der Waals surface area contributed by atoms with Gasteiger partial charge < -0.3 is 14.5 Å². The summed E-state index contributed by atoms with van der Waals surface area (Å²) < 4.78 is 4.85. The Morgan fingerprint density at radius 1 is 1.40 bits per heavy atom. The lowest BCUT2D eigenvalue weighted by Gasteiger charge is -2.24. The summed E-state index contributed by atoms with van der Waals surface area (Å²) in [5.74, 6) is -0.266. The number of hydrogen-bond donors (Lipinski definition) is 1. The topological polar surface area (TPSA) is 79.5 Å². The number of anilines is 1. The smallest absolute Gasteiger partial charge is 0.312 e. The van der Waals surface area contributed by atoms with Gasteiger partial charge in [0.25, 0.3) is 5.95 Å². The molecule has 0 amide bonds. The molecular formula is C9H13N3O3. The molecule has 2 rings (SSSR count). The summed E-state index contributed by atoms with van der Waals surface area (Å²) >= 11 is 0. The molecule has 6 nitrogen and oxygen atoms in total. The molecule has 1 N–H and O–H groups in total. The van der Waals surface area contributed by atoms with Gasteiger partial charge in [-0.25, -0.2) is 0 Å². The second kappa shape index (κ2) is 4.29. The van der Waals surface area contributed by atoms with E-state index in [4.69, 9.17) is 9.63 Å². The molecule has 0 aromatic carbocycles. The van der Waals surface area contributed by atoms with Crippen molar-refractivity contribution in [3.8, 4) is 0 Å². The fourth-order valence-electron chi connectivity index (χ4n) is 1.67. The molecule has 1 aromatic heterocycles. The minimum Gasteiger partial charge on any atom is -0.481 e. The zero-order valence-electron chi connectivity index (χ0n) is 8.35. The average molecular weight is 211 g/mol. The largest absolute Gasteiger partial charge is 0.481 e. The lowest BCUT2D eigenvalue weighted by atomic mass is 10.1. The van der Waals surface area contributed by atoms with Gasteiger partial charge in [-0.15, -0.1) is 0 Å². The van der Waals surface area contributed by atoms with E-state index in [1.54, 1.807) is 0 Å². The average Bonchev–Trinajstić information content (AvgIpc) is 2.67. The SMILES string of the molecule is O=C(O)Cc1nc(N2CCCCC2)no1. The van der Waals surface area contributed by atoms with Gasteiger partial charge >= 0.3 is 5.97 Å². The van der Waals surface area contributed by atoms with Gasteiger partial charge in [0.2, 0.25) is 5.89 Å². The van der Waals surface area contributed by atoms with Crippen LogP contribution in [0.4, 0.5) is 5.95 Å². The number of aromatic nitrogens is 2. The molecule has 0 aliphatic carbocycles. The van der Waals surface area contributed by atoms with Crippen molar-refractivity contribution in [1.82, 2.24) is 10.1 Å². The summed E-state index contributed by atoms with van der Waals surface area (Å²) in [5, 5.41) is 12.3. The minimum atomic E-state index is -0.955. The first-order chi connectivity index (χ1) is 7.25. The van der Waals surface area contributed by atoms with Gasteiger partial charge in [-0.1, -0.05) is 0 Å². The summed E-state index contributed by atoms with van der Waals surface area (Å²) in [6.45, 7) is 1.85. The molecule has 1 aliphatic rings. The van der Waals surface area contributed by atoms with Crippen molar-refractivity contribution >= 4 is 11.9 Å². The van der Waals surface area contributed by atoms with Crippen LogP contribution in [-0.2, 0) is 11.2 Å². The van der Waals surface area contributed by atoms with Gasteiger partial charge in [0.05, 0.1) is 0 Å². The van der Waals surface area contributed by atoms with E-state index in [0.717, 1.165) is 25.9 Å². The predicted molar refractivity (Wildman–Crippen MR) is 51.7 cm³/mol. The van der Waals surface area contributed by atoms with Crippen LogP contribution in [0.15, 0.2) is 4.52 Å². The van der Waals surface area contributed by atoms with Crippen molar-refractivity contribution in [3.05, 3.63) is 5.89 Å². The highest BCUT2D eigenvalue weighted by Crippen LogP contribution is 2.16. The monoisotopic (exact) mass is 211 g/mol. The Labute approximate surface area is 86.9 Å². The third-order valence-corrected chi connectivity index (χ3v) is 2.40. The van der Waals surface area contributed by atoms with Crippen LogP contribution >= 0.6 is 0 Å².